The zero-order valence-corrected chi connectivity index (χ0v) is 16.5. The van der Waals surface area contributed by atoms with Gasteiger partial charge >= 0.3 is 0 Å². The lowest BCUT2D eigenvalue weighted by Gasteiger charge is -2.16. The molecule has 0 spiro atoms. The summed E-state index contributed by atoms with van der Waals surface area (Å²) < 4.78 is 8.03. The minimum absolute atomic E-state index is 0.0981. The number of nitrogens with one attached hydrogen (secondary N) is 1. The molecule has 0 radical (unpaired) electrons. The molecule has 0 fully saturated rings. The van der Waals surface area contributed by atoms with E-state index in [4.69, 9.17) is 17.0 Å². The number of aromatic amines is 1. The summed E-state index contributed by atoms with van der Waals surface area (Å²) in [4.78, 5) is 0. The first kappa shape index (κ1) is 18.4. The van der Waals surface area contributed by atoms with Crippen molar-refractivity contribution in [2.45, 2.75) is 33.1 Å². The van der Waals surface area contributed by atoms with Crippen LogP contribution in [0.2, 0.25) is 0 Å². The number of benzene rings is 2. The van der Waals surface area contributed by atoms with Crippen LogP contribution in [0, 0.1) is 10.7 Å². The molecule has 0 saturated heterocycles. The highest BCUT2D eigenvalue weighted by atomic mass is 32.1. The lowest BCUT2D eigenvalue weighted by Crippen LogP contribution is -2.08. The van der Waals surface area contributed by atoms with Crippen molar-refractivity contribution in [2.24, 2.45) is 5.92 Å². The van der Waals surface area contributed by atoms with Gasteiger partial charge in [-0.25, -0.2) is 0 Å². The van der Waals surface area contributed by atoms with E-state index in [1.807, 2.05) is 28.8 Å². The summed E-state index contributed by atoms with van der Waals surface area (Å²) in [5, 5.41) is 7.44. The Morgan fingerprint density at radius 1 is 1.08 bits per heavy atom. The van der Waals surface area contributed by atoms with Gasteiger partial charge in [0.2, 0.25) is 0 Å². The number of H-pyrrole nitrogens is 1. The lowest BCUT2D eigenvalue weighted by atomic mass is 9.96. The molecule has 3 aromatic rings. The summed E-state index contributed by atoms with van der Waals surface area (Å²) in [5.41, 5.74) is 3.47. The van der Waals surface area contributed by atoms with E-state index >= 15 is 0 Å². The maximum absolute atomic E-state index is 5.51. The molecule has 1 atom stereocenters. The second-order valence-electron chi connectivity index (χ2n) is 6.96. The van der Waals surface area contributed by atoms with Crippen molar-refractivity contribution in [1.29, 1.82) is 0 Å². The van der Waals surface area contributed by atoms with Gasteiger partial charge in [-0.1, -0.05) is 57.2 Å². The van der Waals surface area contributed by atoms with Gasteiger partial charge in [0.05, 0.1) is 12.8 Å². The number of aromatic nitrogens is 3. The topological polar surface area (TPSA) is 42.8 Å². The first-order chi connectivity index (χ1) is 12.5. The molecule has 26 heavy (non-hydrogen) atoms. The largest absolute Gasteiger partial charge is 0.495 e. The molecule has 5 heteroatoms. The molecule has 0 aliphatic heterocycles. The average Bonchev–Trinajstić information content (AvgIpc) is 3.02. The van der Waals surface area contributed by atoms with Crippen molar-refractivity contribution in [2.75, 3.05) is 7.11 Å². The Bertz CT molecular complexity index is 925. The molecule has 2 aromatic carbocycles. The van der Waals surface area contributed by atoms with Crippen molar-refractivity contribution in [3.8, 4) is 11.4 Å². The summed E-state index contributed by atoms with van der Waals surface area (Å²) in [5.74, 6) is 2.39. The number of para-hydroxylation sites is 2. The molecule has 4 nitrogen and oxygen atoms in total. The van der Waals surface area contributed by atoms with E-state index in [-0.39, 0.29) is 5.92 Å². The predicted octanol–water partition coefficient (Wildman–Crippen LogP) is 5.29. The Hall–Kier alpha value is -2.40. The van der Waals surface area contributed by atoms with E-state index in [1.165, 1.54) is 11.1 Å². The predicted molar refractivity (Wildman–Crippen MR) is 108 cm³/mol. The van der Waals surface area contributed by atoms with Crippen molar-refractivity contribution in [1.82, 2.24) is 14.8 Å². The van der Waals surface area contributed by atoms with E-state index in [0.717, 1.165) is 23.7 Å². The van der Waals surface area contributed by atoms with Crippen LogP contribution < -0.4 is 4.74 Å². The third kappa shape index (κ3) is 3.73. The number of nitrogens with zero attached hydrogens (tertiary/aromatic N) is 2. The van der Waals surface area contributed by atoms with Crippen molar-refractivity contribution < 1.29 is 4.74 Å². The van der Waals surface area contributed by atoms with Gasteiger partial charge in [-0.2, -0.15) is 5.10 Å². The number of ether oxygens (including phenoxy) is 1. The van der Waals surface area contributed by atoms with Gasteiger partial charge in [-0.15, -0.1) is 0 Å². The summed E-state index contributed by atoms with van der Waals surface area (Å²) in [6.45, 7) is 6.62. The minimum atomic E-state index is 0.0981. The van der Waals surface area contributed by atoms with Gasteiger partial charge in [0.15, 0.2) is 4.77 Å². The Morgan fingerprint density at radius 3 is 2.42 bits per heavy atom. The number of hydrogen-bond donors (Lipinski definition) is 1. The van der Waals surface area contributed by atoms with Crippen LogP contribution in [0.5, 0.6) is 5.75 Å². The fraction of sp³-hybridized carbons (Fsp3) is 0.333. The molecule has 0 unspecified atom stereocenters. The summed E-state index contributed by atoms with van der Waals surface area (Å²) in [7, 11) is 1.67. The lowest BCUT2D eigenvalue weighted by molar-refractivity contribution is 0.412. The van der Waals surface area contributed by atoms with E-state index in [1.54, 1.807) is 7.11 Å². The molecule has 0 aliphatic rings. The molecular weight excluding hydrogens is 342 g/mol. The smallest absolute Gasteiger partial charge is 0.200 e. The maximum atomic E-state index is 5.51. The van der Waals surface area contributed by atoms with E-state index in [0.29, 0.717) is 10.7 Å². The average molecular weight is 368 g/mol. The fourth-order valence-corrected chi connectivity index (χ4v) is 3.45. The van der Waals surface area contributed by atoms with E-state index in [2.05, 4.69) is 55.2 Å². The second-order valence-corrected chi connectivity index (χ2v) is 7.34. The Labute approximate surface area is 159 Å². The van der Waals surface area contributed by atoms with Gasteiger partial charge < -0.3 is 4.74 Å². The SMILES string of the molecule is COc1ccccc1-n1c([C@@H](C)c2ccc(CC(C)C)cc2)n[nH]c1=S. The molecule has 0 saturated carbocycles. The third-order valence-corrected chi connectivity index (χ3v) is 4.81. The number of methoxy groups -OCH3 is 1. The molecule has 1 heterocycles. The highest BCUT2D eigenvalue weighted by Gasteiger charge is 2.19. The van der Waals surface area contributed by atoms with Crippen molar-refractivity contribution in [3.05, 3.63) is 70.3 Å². The monoisotopic (exact) mass is 367 g/mol. The molecular formula is C21H25N3OS. The normalized spacial score (nSPS) is 12.3. The first-order valence-electron chi connectivity index (χ1n) is 8.90. The van der Waals surface area contributed by atoms with Gasteiger partial charge in [0, 0.05) is 5.92 Å². The Morgan fingerprint density at radius 2 is 1.77 bits per heavy atom. The van der Waals surface area contributed by atoms with Crippen LogP contribution in [0.1, 0.15) is 43.6 Å². The van der Waals surface area contributed by atoms with Crippen LogP contribution in [0.4, 0.5) is 0 Å². The summed E-state index contributed by atoms with van der Waals surface area (Å²) in [6.07, 6.45) is 1.09. The van der Waals surface area contributed by atoms with Gasteiger partial charge in [0.1, 0.15) is 11.6 Å². The molecule has 136 valence electrons. The minimum Gasteiger partial charge on any atom is -0.495 e. The van der Waals surface area contributed by atoms with Gasteiger partial charge in [0.25, 0.3) is 0 Å². The number of hydrogen-bond acceptors (Lipinski definition) is 3. The van der Waals surface area contributed by atoms with Crippen molar-refractivity contribution >= 4 is 12.2 Å². The Balaban J connectivity index is 1.99. The Kier molecular flexibility index (Phi) is 5.57. The van der Waals surface area contributed by atoms with Crippen LogP contribution in [-0.4, -0.2) is 21.9 Å². The van der Waals surface area contributed by atoms with Gasteiger partial charge in [-0.3, -0.25) is 9.67 Å². The molecule has 1 N–H and O–H groups in total. The van der Waals surface area contributed by atoms with Crippen LogP contribution in [0.25, 0.3) is 5.69 Å². The zero-order chi connectivity index (χ0) is 18.7. The standard InChI is InChI=1S/C21H25N3OS/c1-14(2)13-16-9-11-17(12-10-16)15(3)20-22-23-21(26)24(20)18-7-5-6-8-19(18)25-4/h5-12,14-15H,13H2,1-4H3,(H,23,26)/t15-/m0/s1. The molecule has 0 aliphatic carbocycles. The van der Waals surface area contributed by atoms with Crippen LogP contribution in [0.15, 0.2) is 48.5 Å². The summed E-state index contributed by atoms with van der Waals surface area (Å²) >= 11 is 5.49. The first-order valence-corrected chi connectivity index (χ1v) is 9.31. The third-order valence-electron chi connectivity index (χ3n) is 4.54. The molecule has 0 amide bonds. The highest BCUT2D eigenvalue weighted by molar-refractivity contribution is 7.71. The van der Waals surface area contributed by atoms with E-state index < -0.39 is 0 Å². The van der Waals surface area contributed by atoms with E-state index in [9.17, 15) is 0 Å². The zero-order valence-electron chi connectivity index (χ0n) is 15.7. The highest BCUT2D eigenvalue weighted by Crippen LogP contribution is 2.29. The summed E-state index contributed by atoms with van der Waals surface area (Å²) in [6, 6.07) is 16.6. The molecule has 1 aromatic heterocycles. The maximum Gasteiger partial charge on any atom is 0.200 e. The second kappa shape index (κ2) is 7.87. The number of rotatable bonds is 6. The van der Waals surface area contributed by atoms with Crippen LogP contribution in [0.3, 0.4) is 0 Å². The molecule has 0 bridgehead atoms. The van der Waals surface area contributed by atoms with Crippen LogP contribution in [-0.2, 0) is 6.42 Å². The van der Waals surface area contributed by atoms with Gasteiger partial charge in [-0.05, 0) is 47.8 Å². The quantitative estimate of drug-likeness (QED) is 0.602. The molecule has 3 rings (SSSR count). The van der Waals surface area contributed by atoms with Crippen molar-refractivity contribution in [3.63, 3.8) is 0 Å². The van der Waals surface area contributed by atoms with Crippen LogP contribution >= 0.6 is 12.2 Å². The fourth-order valence-electron chi connectivity index (χ4n) is 3.21.